The van der Waals surface area contributed by atoms with E-state index in [1.807, 2.05) is 41.8 Å². The minimum absolute atomic E-state index is 0.467. The molecule has 1 aromatic heterocycles. The molecule has 146 valence electrons. The van der Waals surface area contributed by atoms with Crippen molar-refractivity contribution in [1.29, 1.82) is 0 Å². The van der Waals surface area contributed by atoms with Crippen molar-refractivity contribution in [3.8, 4) is 11.5 Å². The Morgan fingerprint density at radius 1 is 1.04 bits per heavy atom. The van der Waals surface area contributed by atoms with Crippen LogP contribution < -0.4 is 9.47 Å². The number of ether oxygens (including phenoxy) is 3. The Morgan fingerprint density at radius 2 is 1.78 bits per heavy atom. The van der Waals surface area contributed by atoms with E-state index in [1.165, 1.54) is 11.3 Å². The highest BCUT2D eigenvalue weighted by molar-refractivity contribution is 7.11. The van der Waals surface area contributed by atoms with Crippen LogP contribution in [-0.4, -0.2) is 64.8 Å². The molecule has 1 aromatic carbocycles. The molecule has 27 heavy (non-hydrogen) atoms. The third-order valence-electron chi connectivity index (χ3n) is 4.29. The second-order valence-electron chi connectivity index (χ2n) is 6.07. The van der Waals surface area contributed by atoms with Gasteiger partial charge in [0.25, 0.3) is 0 Å². The molecule has 0 bridgehead atoms. The fourth-order valence-electron chi connectivity index (χ4n) is 2.70. The highest BCUT2D eigenvalue weighted by Gasteiger charge is 2.44. The fourth-order valence-corrected chi connectivity index (χ4v) is 3.42. The first kappa shape index (κ1) is 19.8. The Morgan fingerprint density at radius 3 is 2.44 bits per heavy atom. The lowest BCUT2D eigenvalue weighted by molar-refractivity contribution is -0.277. The molecule has 7 nitrogen and oxygen atoms in total. The van der Waals surface area contributed by atoms with Gasteiger partial charge in [0.15, 0.2) is 0 Å². The molecule has 2 heterocycles. The molecular weight excluding hydrogens is 372 g/mol. The molecule has 0 amide bonds. The predicted molar refractivity (Wildman–Crippen MR) is 101 cm³/mol. The molecule has 4 N–H and O–H groups in total. The quantitative estimate of drug-likeness (QED) is 0.581. The van der Waals surface area contributed by atoms with E-state index in [4.69, 9.17) is 14.2 Å². The molecule has 2 aromatic rings. The number of methoxy groups -OCH3 is 1. The summed E-state index contributed by atoms with van der Waals surface area (Å²) in [5.74, 6) is 1.24. The van der Waals surface area contributed by atoms with Crippen LogP contribution in [0.25, 0.3) is 12.2 Å². The van der Waals surface area contributed by atoms with Gasteiger partial charge in [0.2, 0.25) is 6.29 Å². The van der Waals surface area contributed by atoms with Crippen LogP contribution in [-0.2, 0) is 4.74 Å². The van der Waals surface area contributed by atoms with Crippen LogP contribution in [0.15, 0.2) is 35.7 Å². The van der Waals surface area contributed by atoms with Crippen LogP contribution >= 0.6 is 11.3 Å². The van der Waals surface area contributed by atoms with Gasteiger partial charge in [-0.1, -0.05) is 18.2 Å². The number of hydrogen-bond acceptors (Lipinski definition) is 8. The zero-order valence-corrected chi connectivity index (χ0v) is 15.5. The first-order chi connectivity index (χ1) is 13.0. The van der Waals surface area contributed by atoms with Gasteiger partial charge in [-0.15, -0.1) is 11.3 Å². The summed E-state index contributed by atoms with van der Waals surface area (Å²) in [4.78, 5) is 0.794. The van der Waals surface area contributed by atoms with Crippen LogP contribution in [0.1, 0.15) is 10.4 Å². The number of benzene rings is 1. The smallest absolute Gasteiger partial charge is 0.229 e. The zero-order chi connectivity index (χ0) is 19.4. The SMILES string of the molecule is COc1ccc(/C=C/c2sccc2OC2OC(CO)C(O)C(O)C2O)cc1. The van der Waals surface area contributed by atoms with E-state index >= 15 is 0 Å². The molecule has 8 heteroatoms. The third kappa shape index (κ3) is 4.49. The summed E-state index contributed by atoms with van der Waals surface area (Å²) in [6, 6.07) is 9.28. The summed E-state index contributed by atoms with van der Waals surface area (Å²) >= 11 is 1.44. The Hall–Kier alpha value is -1.94. The van der Waals surface area contributed by atoms with Crippen molar-refractivity contribution in [2.24, 2.45) is 0 Å². The summed E-state index contributed by atoms with van der Waals surface area (Å²) in [5, 5.41) is 40.9. The van der Waals surface area contributed by atoms with Crippen molar-refractivity contribution in [3.05, 3.63) is 46.2 Å². The van der Waals surface area contributed by atoms with E-state index in [9.17, 15) is 20.4 Å². The highest BCUT2D eigenvalue weighted by Crippen LogP contribution is 2.31. The Balaban J connectivity index is 1.71. The van der Waals surface area contributed by atoms with E-state index in [0.29, 0.717) is 5.75 Å². The molecule has 5 atom stereocenters. The number of aliphatic hydroxyl groups is 4. The molecule has 0 radical (unpaired) electrons. The Labute approximate surface area is 160 Å². The average Bonchev–Trinajstić information content (AvgIpc) is 3.14. The van der Waals surface area contributed by atoms with Crippen molar-refractivity contribution >= 4 is 23.5 Å². The van der Waals surface area contributed by atoms with Gasteiger partial charge in [-0.3, -0.25) is 0 Å². The predicted octanol–water partition coefficient (Wildman–Crippen LogP) is 1.11. The molecule has 3 rings (SSSR count). The molecule has 0 spiro atoms. The number of rotatable bonds is 6. The largest absolute Gasteiger partial charge is 0.497 e. The zero-order valence-electron chi connectivity index (χ0n) is 14.6. The lowest BCUT2D eigenvalue weighted by Gasteiger charge is -2.39. The normalized spacial score (nSPS) is 28.4. The van der Waals surface area contributed by atoms with Gasteiger partial charge in [-0.2, -0.15) is 0 Å². The fraction of sp³-hybridized carbons (Fsp3) is 0.368. The highest BCUT2D eigenvalue weighted by atomic mass is 32.1. The van der Waals surface area contributed by atoms with Gasteiger partial charge in [0.05, 0.1) is 18.6 Å². The number of aliphatic hydroxyl groups excluding tert-OH is 4. The van der Waals surface area contributed by atoms with Gasteiger partial charge < -0.3 is 34.6 Å². The number of hydrogen-bond donors (Lipinski definition) is 4. The summed E-state index contributed by atoms with van der Waals surface area (Å²) in [7, 11) is 1.61. The summed E-state index contributed by atoms with van der Waals surface area (Å²) in [6.45, 7) is -0.501. The topological polar surface area (TPSA) is 109 Å². The minimum Gasteiger partial charge on any atom is -0.497 e. The molecule has 0 aliphatic carbocycles. The van der Waals surface area contributed by atoms with E-state index in [0.717, 1.165) is 16.2 Å². The average molecular weight is 394 g/mol. The third-order valence-corrected chi connectivity index (χ3v) is 5.16. The second-order valence-corrected chi connectivity index (χ2v) is 7.02. The maximum absolute atomic E-state index is 10.1. The van der Waals surface area contributed by atoms with Gasteiger partial charge in [0.1, 0.15) is 35.9 Å². The molecule has 1 aliphatic heterocycles. The van der Waals surface area contributed by atoms with Crippen LogP contribution in [0.2, 0.25) is 0 Å². The molecule has 0 saturated carbocycles. The van der Waals surface area contributed by atoms with E-state index < -0.39 is 37.3 Å². The van der Waals surface area contributed by atoms with Gasteiger partial charge in [0, 0.05) is 0 Å². The van der Waals surface area contributed by atoms with Crippen LogP contribution in [0.4, 0.5) is 0 Å². The molecular formula is C19H22O7S. The first-order valence-electron chi connectivity index (χ1n) is 8.40. The van der Waals surface area contributed by atoms with Crippen molar-refractivity contribution in [2.45, 2.75) is 30.7 Å². The van der Waals surface area contributed by atoms with E-state index in [2.05, 4.69) is 0 Å². The Kier molecular flexibility index (Phi) is 6.48. The maximum Gasteiger partial charge on any atom is 0.229 e. The van der Waals surface area contributed by atoms with Gasteiger partial charge >= 0.3 is 0 Å². The summed E-state index contributed by atoms with van der Waals surface area (Å²) < 4.78 is 16.2. The summed E-state index contributed by atoms with van der Waals surface area (Å²) in [5.41, 5.74) is 0.975. The Bertz CT molecular complexity index is 756. The number of thiophene rings is 1. The van der Waals surface area contributed by atoms with Gasteiger partial charge in [-0.25, -0.2) is 0 Å². The molecule has 5 unspecified atom stereocenters. The van der Waals surface area contributed by atoms with Crippen LogP contribution in [0.5, 0.6) is 11.5 Å². The van der Waals surface area contributed by atoms with Crippen LogP contribution in [0, 0.1) is 0 Å². The minimum atomic E-state index is -1.47. The van der Waals surface area contributed by atoms with Crippen molar-refractivity contribution in [1.82, 2.24) is 0 Å². The molecule has 1 fully saturated rings. The lowest BCUT2D eigenvalue weighted by Crippen LogP contribution is -2.60. The second kappa shape index (κ2) is 8.83. The maximum atomic E-state index is 10.1. The van der Waals surface area contributed by atoms with Crippen molar-refractivity contribution < 1.29 is 34.6 Å². The molecule has 1 saturated heterocycles. The van der Waals surface area contributed by atoms with Gasteiger partial charge in [-0.05, 0) is 35.2 Å². The van der Waals surface area contributed by atoms with Crippen molar-refractivity contribution in [3.63, 3.8) is 0 Å². The van der Waals surface area contributed by atoms with Crippen LogP contribution in [0.3, 0.4) is 0 Å². The monoisotopic (exact) mass is 394 g/mol. The van der Waals surface area contributed by atoms with E-state index in [-0.39, 0.29) is 0 Å². The lowest BCUT2D eigenvalue weighted by atomic mass is 9.99. The standard InChI is InChI=1S/C19H22O7S/c1-24-12-5-2-11(3-6-12)4-7-15-13(8-9-27-15)25-19-18(23)17(22)16(21)14(10-20)26-19/h2-9,14,16-23H,10H2,1H3/b7-4+. The molecule has 1 aliphatic rings. The summed E-state index contributed by atoms with van der Waals surface area (Å²) in [6.07, 6.45) is -2.77. The van der Waals surface area contributed by atoms with E-state index in [1.54, 1.807) is 13.2 Å². The van der Waals surface area contributed by atoms with Crippen molar-refractivity contribution in [2.75, 3.05) is 13.7 Å². The first-order valence-corrected chi connectivity index (χ1v) is 9.28.